The van der Waals surface area contributed by atoms with E-state index in [0.717, 1.165) is 70.6 Å². The van der Waals surface area contributed by atoms with Gasteiger partial charge in [0.05, 0.1) is 22.0 Å². The van der Waals surface area contributed by atoms with Gasteiger partial charge in [0.15, 0.2) is 0 Å². The molecular weight excluding hydrogens is 471 g/mol. The zero-order valence-electron chi connectivity index (χ0n) is 23.3. The van der Waals surface area contributed by atoms with Crippen LogP contribution in [-0.2, 0) is 18.8 Å². The summed E-state index contributed by atoms with van der Waals surface area (Å²) >= 11 is 0. The van der Waals surface area contributed by atoms with E-state index in [1.165, 1.54) is 38.5 Å². The van der Waals surface area contributed by atoms with Gasteiger partial charge >= 0.3 is 11.9 Å². The maximum atomic E-state index is 12.3. The van der Waals surface area contributed by atoms with Crippen molar-refractivity contribution in [3.05, 3.63) is 24.3 Å². The van der Waals surface area contributed by atoms with E-state index in [-0.39, 0.29) is 30.6 Å². The molecule has 0 fully saturated rings. The number of unbranched alkanes of at least 4 members (excludes halogenated alkanes) is 11. The van der Waals surface area contributed by atoms with Crippen LogP contribution in [0.1, 0.15) is 142 Å². The molecule has 0 radical (unpaired) electrons. The summed E-state index contributed by atoms with van der Waals surface area (Å²) in [5.41, 5.74) is 0. The second kappa shape index (κ2) is 26.9. The van der Waals surface area contributed by atoms with E-state index in [2.05, 4.69) is 30.5 Å². The standard InChI is InChI=1S/C30H55O5P/c1-3-5-7-15-21-27(31)22-16-13-11-9-10-12-14-18-25-29(32)34-28(23-17-8-6-4-2)24-19-20-26-30(33)35-36/h13,16,19-20,27-28,31H,3-12,14-15,17-18,21-26,36H2,1-2H3/b16-13-,20-19-. The van der Waals surface area contributed by atoms with Crippen molar-refractivity contribution in [2.24, 2.45) is 0 Å². The molecule has 210 valence electrons. The van der Waals surface area contributed by atoms with Crippen LogP contribution >= 0.6 is 9.47 Å². The molecule has 36 heavy (non-hydrogen) atoms. The molecule has 0 aromatic heterocycles. The molecule has 0 saturated heterocycles. The van der Waals surface area contributed by atoms with E-state index in [9.17, 15) is 14.7 Å². The fourth-order valence-corrected chi connectivity index (χ4v) is 4.20. The van der Waals surface area contributed by atoms with Gasteiger partial charge in [0.2, 0.25) is 0 Å². The van der Waals surface area contributed by atoms with Gasteiger partial charge in [-0.1, -0.05) is 102 Å². The Balaban J connectivity index is 3.93. The van der Waals surface area contributed by atoms with E-state index in [0.29, 0.717) is 12.8 Å². The van der Waals surface area contributed by atoms with Gasteiger partial charge in [-0.05, 0) is 44.9 Å². The van der Waals surface area contributed by atoms with Crippen LogP contribution < -0.4 is 0 Å². The molecule has 0 aliphatic rings. The number of allylic oxidation sites excluding steroid dienone is 1. The number of esters is 1. The first-order chi connectivity index (χ1) is 17.5. The Morgan fingerprint density at radius 1 is 0.722 bits per heavy atom. The first-order valence-corrected chi connectivity index (χ1v) is 15.1. The largest absolute Gasteiger partial charge is 0.462 e. The van der Waals surface area contributed by atoms with E-state index in [4.69, 9.17) is 4.74 Å². The molecule has 0 aliphatic heterocycles. The zero-order valence-corrected chi connectivity index (χ0v) is 24.4. The highest BCUT2D eigenvalue weighted by Gasteiger charge is 2.13. The summed E-state index contributed by atoms with van der Waals surface area (Å²) in [6.07, 6.45) is 27.5. The van der Waals surface area contributed by atoms with Gasteiger partial charge in [-0.15, -0.1) is 0 Å². The highest BCUT2D eigenvalue weighted by Crippen LogP contribution is 2.15. The Hall–Kier alpha value is -1.19. The van der Waals surface area contributed by atoms with Gasteiger partial charge < -0.3 is 14.4 Å². The number of aliphatic hydroxyl groups is 1. The quantitative estimate of drug-likeness (QED) is 0.0558. The lowest BCUT2D eigenvalue weighted by atomic mass is 10.1. The summed E-state index contributed by atoms with van der Waals surface area (Å²) < 4.78 is 10.3. The van der Waals surface area contributed by atoms with Crippen molar-refractivity contribution in [3.8, 4) is 0 Å². The van der Waals surface area contributed by atoms with E-state index >= 15 is 0 Å². The van der Waals surface area contributed by atoms with E-state index in [1.54, 1.807) is 6.08 Å². The lowest BCUT2D eigenvalue weighted by molar-refractivity contribution is -0.149. The first kappa shape index (κ1) is 34.8. The molecule has 0 heterocycles. The third kappa shape index (κ3) is 24.5. The molecule has 0 aromatic carbocycles. The van der Waals surface area contributed by atoms with Crippen LogP contribution in [0.25, 0.3) is 0 Å². The predicted molar refractivity (Wildman–Crippen MR) is 154 cm³/mol. The van der Waals surface area contributed by atoms with Gasteiger partial charge in [0.25, 0.3) is 0 Å². The SMILES string of the molecule is CCCCCCC(O)C/C=C\CCCCCCCC(=O)OC(C/C=C\CC(=O)OP)CCCCCC. The molecule has 5 nitrogen and oxygen atoms in total. The Labute approximate surface area is 224 Å². The molecule has 0 spiro atoms. The number of hydrogen-bond donors (Lipinski definition) is 1. The average molecular weight is 527 g/mol. The second-order valence-corrected chi connectivity index (χ2v) is 10.1. The predicted octanol–water partition coefficient (Wildman–Crippen LogP) is 8.55. The van der Waals surface area contributed by atoms with E-state index in [1.807, 2.05) is 15.5 Å². The third-order valence-electron chi connectivity index (χ3n) is 6.38. The van der Waals surface area contributed by atoms with Crippen molar-refractivity contribution in [1.82, 2.24) is 0 Å². The number of hydrogen-bond acceptors (Lipinski definition) is 5. The van der Waals surface area contributed by atoms with Crippen LogP contribution in [0.3, 0.4) is 0 Å². The van der Waals surface area contributed by atoms with Crippen molar-refractivity contribution in [2.45, 2.75) is 154 Å². The number of carbonyl (C=O) groups is 2. The maximum Gasteiger partial charge on any atom is 0.311 e. The van der Waals surface area contributed by atoms with E-state index < -0.39 is 0 Å². The van der Waals surface area contributed by atoms with Crippen molar-refractivity contribution < 1.29 is 24.0 Å². The van der Waals surface area contributed by atoms with Crippen LogP contribution in [0.15, 0.2) is 24.3 Å². The van der Waals surface area contributed by atoms with Gasteiger partial charge in [0, 0.05) is 12.8 Å². The summed E-state index contributed by atoms with van der Waals surface area (Å²) in [6.45, 7) is 4.39. The number of carbonyl (C=O) groups excluding carboxylic acids is 2. The molecular formula is C30H55O5P. The Morgan fingerprint density at radius 2 is 1.33 bits per heavy atom. The van der Waals surface area contributed by atoms with Crippen LogP contribution in [0.2, 0.25) is 0 Å². The van der Waals surface area contributed by atoms with Crippen molar-refractivity contribution in [3.63, 3.8) is 0 Å². The molecule has 3 unspecified atom stereocenters. The molecule has 1 N–H and O–H groups in total. The minimum absolute atomic E-state index is 0.107. The number of aliphatic hydroxyl groups excluding tert-OH is 1. The number of ether oxygens (including phenoxy) is 1. The first-order valence-electron chi connectivity index (χ1n) is 14.6. The summed E-state index contributed by atoms with van der Waals surface area (Å²) in [6, 6.07) is 0. The third-order valence-corrected chi connectivity index (χ3v) is 6.64. The van der Waals surface area contributed by atoms with Gasteiger partial charge in [-0.2, -0.15) is 0 Å². The van der Waals surface area contributed by atoms with Crippen LogP contribution in [0.5, 0.6) is 0 Å². The molecule has 0 rings (SSSR count). The van der Waals surface area contributed by atoms with Crippen LogP contribution in [0, 0.1) is 0 Å². The molecule has 0 bridgehead atoms. The highest BCUT2D eigenvalue weighted by molar-refractivity contribution is 7.10. The summed E-state index contributed by atoms with van der Waals surface area (Å²) in [5, 5.41) is 9.99. The van der Waals surface area contributed by atoms with Gasteiger partial charge in [-0.25, -0.2) is 0 Å². The van der Waals surface area contributed by atoms with Crippen molar-refractivity contribution in [1.29, 1.82) is 0 Å². The average Bonchev–Trinajstić information content (AvgIpc) is 2.87. The van der Waals surface area contributed by atoms with Gasteiger partial charge in [0.1, 0.15) is 6.10 Å². The fraction of sp³-hybridized carbons (Fsp3) is 0.800. The molecule has 6 heteroatoms. The topological polar surface area (TPSA) is 72.8 Å². The van der Waals surface area contributed by atoms with Crippen LogP contribution in [-0.4, -0.2) is 29.3 Å². The normalized spacial score (nSPS) is 13.3. The monoisotopic (exact) mass is 526 g/mol. The molecule has 0 amide bonds. The summed E-state index contributed by atoms with van der Waals surface area (Å²) in [7, 11) is 1.96. The van der Waals surface area contributed by atoms with Crippen LogP contribution in [0.4, 0.5) is 0 Å². The minimum Gasteiger partial charge on any atom is -0.462 e. The molecule has 3 atom stereocenters. The van der Waals surface area contributed by atoms with Gasteiger partial charge in [-0.3, -0.25) is 9.59 Å². The smallest absolute Gasteiger partial charge is 0.311 e. The Bertz CT molecular complexity index is 576. The number of rotatable bonds is 25. The molecule has 0 aromatic rings. The maximum absolute atomic E-state index is 12.3. The molecule has 0 aliphatic carbocycles. The summed E-state index contributed by atoms with van der Waals surface area (Å²) in [5.74, 6) is -0.403. The second-order valence-electron chi connectivity index (χ2n) is 9.88. The van der Waals surface area contributed by atoms with Crippen molar-refractivity contribution >= 4 is 21.4 Å². The Kier molecular flexibility index (Phi) is 26.0. The lowest BCUT2D eigenvalue weighted by Gasteiger charge is -2.16. The van der Waals surface area contributed by atoms with Crippen molar-refractivity contribution in [2.75, 3.05) is 0 Å². The minimum atomic E-state index is -0.296. The lowest BCUT2D eigenvalue weighted by Crippen LogP contribution is -2.17. The Morgan fingerprint density at radius 3 is 2.03 bits per heavy atom. The fourth-order valence-electron chi connectivity index (χ4n) is 4.10. The highest BCUT2D eigenvalue weighted by atomic mass is 31.0. The zero-order chi connectivity index (χ0) is 26.7. The molecule has 0 saturated carbocycles. The summed E-state index contributed by atoms with van der Waals surface area (Å²) in [4.78, 5) is 23.6.